The van der Waals surface area contributed by atoms with Gasteiger partial charge in [-0.15, -0.1) is 0 Å². The van der Waals surface area contributed by atoms with Gasteiger partial charge < -0.3 is 21.6 Å². The van der Waals surface area contributed by atoms with Gasteiger partial charge >= 0.3 is 5.97 Å². The van der Waals surface area contributed by atoms with E-state index in [0.717, 1.165) is 37.1 Å². The number of carbonyl (C=O) groups is 1. The topological polar surface area (TPSA) is 26.3 Å². The van der Waals surface area contributed by atoms with Crippen LogP contribution in [-0.4, -0.2) is 43.2 Å². The van der Waals surface area contributed by atoms with E-state index in [2.05, 4.69) is 27.7 Å². The molecule has 0 fully saturated rings. The first kappa shape index (κ1) is 31.9. The number of hydrogen-bond donors (Lipinski definition) is 0. The number of ether oxygens (including phenoxy) is 1. The number of halogens is 1. The van der Waals surface area contributed by atoms with Crippen LogP contribution in [0.4, 0.5) is 0 Å². The number of likely N-dealkylation sites (N-methyl/N-ethyl adjacent to an activating group) is 1. The predicted molar refractivity (Wildman–Crippen MR) is 127 cm³/mol. The highest BCUT2D eigenvalue weighted by Crippen LogP contribution is 2.14. The zero-order chi connectivity index (χ0) is 21.6. The van der Waals surface area contributed by atoms with E-state index in [9.17, 15) is 4.79 Å². The fraction of sp³-hybridized carbons (Fsp3) is 0.962. The number of rotatable bonds is 22. The molecule has 0 saturated carbocycles. The van der Waals surface area contributed by atoms with E-state index < -0.39 is 0 Å². The van der Waals surface area contributed by atoms with Gasteiger partial charge in [-0.3, -0.25) is 4.79 Å². The van der Waals surface area contributed by atoms with Crippen molar-refractivity contribution in [2.75, 3.05) is 32.8 Å². The van der Waals surface area contributed by atoms with Gasteiger partial charge in [-0.25, -0.2) is 0 Å². The van der Waals surface area contributed by atoms with E-state index in [4.69, 9.17) is 4.74 Å². The molecule has 0 rings (SSSR count). The average molecular weight is 448 g/mol. The van der Waals surface area contributed by atoms with Crippen LogP contribution in [0, 0.1) is 0 Å². The van der Waals surface area contributed by atoms with Crippen molar-refractivity contribution in [2.24, 2.45) is 0 Å². The second-order valence-electron chi connectivity index (χ2n) is 8.93. The summed E-state index contributed by atoms with van der Waals surface area (Å²) in [5, 5.41) is 0. The Balaban J connectivity index is 0. The monoisotopic (exact) mass is 447 g/mol. The lowest BCUT2D eigenvalue weighted by Gasteiger charge is -2.35. The van der Waals surface area contributed by atoms with Gasteiger partial charge in [0.05, 0.1) is 19.6 Å². The molecule has 0 heterocycles. The number of esters is 1. The van der Waals surface area contributed by atoms with Gasteiger partial charge in [0.25, 0.3) is 0 Å². The number of quaternary nitrogens is 1. The number of hydrogen-bond acceptors (Lipinski definition) is 2. The van der Waals surface area contributed by atoms with Gasteiger partial charge in [-0.2, -0.15) is 0 Å². The van der Waals surface area contributed by atoms with Gasteiger partial charge in [0.15, 0.2) is 0 Å². The minimum absolute atomic E-state index is 0. The Labute approximate surface area is 195 Å². The second kappa shape index (κ2) is 23.4. The highest BCUT2D eigenvalue weighted by atomic mass is 35.5. The molecule has 0 bridgehead atoms. The summed E-state index contributed by atoms with van der Waals surface area (Å²) in [6.07, 6.45) is 20.9. The molecule has 0 radical (unpaired) electrons. The lowest BCUT2D eigenvalue weighted by molar-refractivity contribution is -0.923. The minimum atomic E-state index is 0. The van der Waals surface area contributed by atoms with E-state index in [-0.39, 0.29) is 18.4 Å². The van der Waals surface area contributed by atoms with Crippen molar-refractivity contribution in [1.82, 2.24) is 0 Å². The summed E-state index contributed by atoms with van der Waals surface area (Å²) in [4.78, 5) is 11.9. The van der Waals surface area contributed by atoms with Crippen LogP contribution in [0.25, 0.3) is 0 Å². The zero-order valence-electron chi connectivity index (χ0n) is 21.0. The van der Waals surface area contributed by atoms with Gasteiger partial charge in [0.2, 0.25) is 0 Å². The van der Waals surface area contributed by atoms with E-state index in [0.29, 0.717) is 13.0 Å². The average Bonchev–Trinajstić information content (AvgIpc) is 2.74. The summed E-state index contributed by atoms with van der Waals surface area (Å²) >= 11 is 0. The molecule has 0 N–H and O–H groups in total. The smallest absolute Gasteiger partial charge is 0.305 e. The molecule has 0 aromatic carbocycles. The zero-order valence-corrected chi connectivity index (χ0v) is 21.7. The van der Waals surface area contributed by atoms with Gasteiger partial charge in [-0.05, 0) is 27.2 Å². The van der Waals surface area contributed by atoms with Gasteiger partial charge in [0.1, 0.15) is 13.2 Å². The molecule has 0 atom stereocenters. The molecule has 0 aliphatic heterocycles. The molecule has 3 nitrogen and oxygen atoms in total. The maximum atomic E-state index is 11.9. The molecule has 0 aliphatic rings. The van der Waals surface area contributed by atoms with Crippen molar-refractivity contribution < 1.29 is 26.4 Å². The van der Waals surface area contributed by atoms with E-state index >= 15 is 0 Å². The second-order valence-corrected chi connectivity index (χ2v) is 8.93. The number of nitrogens with zero attached hydrogens (tertiary/aromatic N) is 1. The minimum Gasteiger partial charge on any atom is -1.00 e. The van der Waals surface area contributed by atoms with Crippen LogP contribution in [-0.2, 0) is 9.53 Å². The third kappa shape index (κ3) is 18.5. The quantitative estimate of drug-likeness (QED) is 0.137. The first-order valence-corrected chi connectivity index (χ1v) is 13.1. The Kier molecular flexibility index (Phi) is 24.9. The lowest BCUT2D eigenvalue weighted by Crippen LogP contribution is -3.00. The van der Waals surface area contributed by atoms with Crippen molar-refractivity contribution in [3.8, 4) is 0 Å². The van der Waals surface area contributed by atoms with Crippen LogP contribution >= 0.6 is 0 Å². The van der Waals surface area contributed by atoms with E-state index in [1.807, 2.05) is 0 Å². The molecule has 0 spiro atoms. The molecule has 182 valence electrons. The van der Waals surface area contributed by atoms with Crippen LogP contribution < -0.4 is 12.4 Å². The Morgan fingerprint density at radius 2 is 0.967 bits per heavy atom. The molecular weight excluding hydrogens is 394 g/mol. The maximum absolute atomic E-state index is 11.9. The van der Waals surface area contributed by atoms with Crippen molar-refractivity contribution in [3.63, 3.8) is 0 Å². The molecular formula is C26H54ClNO2. The van der Waals surface area contributed by atoms with Gasteiger partial charge in [0, 0.05) is 6.42 Å². The normalized spacial score (nSPS) is 11.3. The molecule has 0 saturated heterocycles. The standard InChI is InChI=1S/C26H54NO2.ClH/c1-5-9-10-11-12-13-14-15-16-17-18-19-20-21-22-23-26(28)29-25-24-27(6-2,7-3)8-4;/h5-25H2,1-4H3;1H/q+1;/p-1. The maximum Gasteiger partial charge on any atom is 0.305 e. The largest absolute Gasteiger partial charge is 1.00 e. The summed E-state index contributed by atoms with van der Waals surface area (Å²) in [7, 11) is 0. The Morgan fingerprint density at radius 3 is 1.33 bits per heavy atom. The first-order valence-electron chi connectivity index (χ1n) is 13.1. The van der Waals surface area contributed by atoms with Crippen molar-refractivity contribution in [3.05, 3.63) is 0 Å². The summed E-state index contributed by atoms with van der Waals surface area (Å²) in [5.41, 5.74) is 0. The lowest BCUT2D eigenvalue weighted by atomic mass is 10.0. The summed E-state index contributed by atoms with van der Waals surface area (Å²) in [6, 6.07) is 0. The molecule has 0 amide bonds. The molecule has 30 heavy (non-hydrogen) atoms. The highest BCUT2D eigenvalue weighted by Gasteiger charge is 2.20. The first-order chi connectivity index (χ1) is 14.1. The van der Waals surface area contributed by atoms with Crippen LogP contribution in [0.3, 0.4) is 0 Å². The van der Waals surface area contributed by atoms with E-state index in [1.54, 1.807) is 0 Å². The molecule has 0 aliphatic carbocycles. The fourth-order valence-electron chi connectivity index (χ4n) is 4.21. The molecule has 0 unspecified atom stereocenters. The Hall–Kier alpha value is -0.280. The highest BCUT2D eigenvalue weighted by molar-refractivity contribution is 5.69. The number of unbranched alkanes of at least 4 members (excludes halogenated alkanes) is 14. The van der Waals surface area contributed by atoms with Crippen molar-refractivity contribution >= 4 is 5.97 Å². The van der Waals surface area contributed by atoms with Crippen LogP contribution in [0.1, 0.15) is 130 Å². The van der Waals surface area contributed by atoms with Crippen molar-refractivity contribution in [2.45, 2.75) is 130 Å². The SMILES string of the molecule is CCCCCCCCCCCCCCCCCC(=O)OCC[N+](CC)(CC)CC.[Cl-]. The van der Waals surface area contributed by atoms with Gasteiger partial charge in [-0.1, -0.05) is 96.8 Å². The molecule has 4 heteroatoms. The summed E-state index contributed by atoms with van der Waals surface area (Å²) < 4.78 is 6.52. The van der Waals surface area contributed by atoms with Crippen molar-refractivity contribution in [1.29, 1.82) is 0 Å². The third-order valence-corrected chi connectivity index (χ3v) is 6.83. The summed E-state index contributed by atoms with van der Waals surface area (Å²) in [6.45, 7) is 13.8. The molecule has 0 aromatic rings. The fourth-order valence-corrected chi connectivity index (χ4v) is 4.21. The third-order valence-electron chi connectivity index (χ3n) is 6.83. The van der Waals surface area contributed by atoms with E-state index in [1.165, 1.54) is 89.9 Å². The Bertz CT molecular complexity index is 351. The van der Waals surface area contributed by atoms with Crippen LogP contribution in [0.15, 0.2) is 0 Å². The predicted octanol–water partition coefficient (Wildman–Crippen LogP) is 4.67. The number of carbonyl (C=O) groups excluding carboxylic acids is 1. The van der Waals surface area contributed by atoms with Crippen LogP contribution in [0.2, 0.25) is 0 Å². The Morgan fingerprint density at radius 1 is 0.600 bits per heavy atom. The van der Waals surface area contributed by atoms with Crippen LogP contribution in [0.5, 0.6) is 0 Å². The molecule has 0 aromatic heterocycles. The summed E-state index contributed by atoms with van der Waals surface area (Å²) in [5.74, 6) is 0.00102.